The fourth-order valence-electron chi connectivity index (χ4n) is 0. The first-order valence-electron chi connectivity index (χ1n) is 2.54. The fraction of sp³-hybridized carbons (Fsp3) is 1.00. The predicted molar refractivity (Wildman–Crippen MR) is 43.1 cm³/mol. The summed E-state index contributed by atoms with van der Waals surface area (Å²) < 4.78 is 9.19. The predicted octanol–water partition coefficient (Wildman–Crippen LogP) is 3.32. The van der Waals surface area contributed by atoms with Gasteiger partial charge in [0.15, 0.2) is 0 Å². The molecular formula is C4H14CoFN5-3. The van der Waals surface area contributed by atoms with Crippen LogP contribution in [0.4, 0.5) is 3.58 Å². The fourth-order valence-corrected chi connectivity index (χ4v) is 0. The van der Waals surface area contributed by atoms with Crippen LogP contribution in [-0.2, 0) is 16.2 Å². The van der Waals surface area contributed by atoms with E-state index in [2.05, 4.69) is 16.2 Å². The maximum absolute atomic E-state index is 9.19. The van der Waals surface area contributed by atoms with E-state index in [1.54, 1.807) is 0 Å². The van der Waals surface area contributed by atoms with Crippen molar-refractivity contribution in [3.63, 3.8) is 0 Å². The third kappa shape index (κ3) is 139. The normalized spacial score (nSPS) is 6.00. The summed E-state index contributed by atoms with van der Waals surface area (Å²) >= 11 is 2.06. The van der Waals surface area contributed by atoms with Gasteiger partial charge in [0.25, 0.3) is 0 Å². The van der Waals surface area contributed by atoms with Crippen molar-refractivity contribution in [3.8, 4) is 0 Å². The van der Waals surface area contributed by atoms with Gasteiger partial charge in [0, 0.05) is 0 Å². The molecule has 0 saturated heterocycles. The zero-order valence-electron chi connectivity index (χ0n) is 6.12. The van der Waals surface area contributed by atoms with Crippen LogP contribution in [0, 0.1) is 0 Å². The van der Waals surface area contributed by atoms with Crippen molar-refractivity contribution in [1.29, 1.82) is 0 Å². The van der Waals surface area contributed by atoms with Crippen LogP contribution >= 0.6 is 0 Å². The van der Waals surface area contributed by atoms with Crippen molar-refractivity contribution >= 4 is 0 Å². The van der Waals surface area contributed by atoms with Crippen LogP contribution in [0.25, 0.3) is 29.1 Å². The van der Waals surface area contributed by atoms with E-state index in [1.165, 1.54) is 0 Å². The zero-order chi connectivity index (χ0) is 8.83. The van der Waals surface area contributed by atoms with E-state index in [4.69, 9.17) is 22.9 Å². The first-order chi connectivity index (χ1) is 4.83. The van der Waals surface area contributed by atoms with Gasteiger partial charge in [-0.05, 0) is 0 Å². The van der Waals surface area contributed by atoms with Gasteiger partial charge in [0.1, 0.15) is 0 Å². The van der Waals surface area contributed by atoms with Crippen molar-refractivity contribution < 1.29 is 19.8 Å². The van der Waals surface area contributed by atoms with Crippen LogP contribution < -0.4 is 0 Å². The molecule has 6 N–H and O–H groups in total. The second-order valence-electron chi connectivity index (χ2n) is 1.000. The first-order valence-corrected chi connectivity index (χ1v) is 2.93. The van der Waals surface area contributed by atoms with Crippen LogP contribution in [0.3, 0.4) is 0 Å². The van der Waals surface area contributed by atoms with Gasteiger partial charge in [-0.3, -0.25) is 0 Å². The average molecular weight is 210 g/mol. The Hall–Kier alpha value is 0.236. The van der Waals surface area contributed by atoms with E-state index in [0.717, 1.165) is 0 Å². The third-order valence-electron chi connectivity index (χ3n) is 0.250. The minimum atomic E-state index is 0. The summed E-state index contributed by atoms with van der Waals surface area (Å²) in [6.45, 7) is 0.944. The van der Waals surface area contributed by atoms with Crippen molar-refractivity contribution in [3.05, 3.63) is 29.1 Å². The van der Waals surface area contributed by atoms with Gasteiger partial charge < -0.3 is 29.1 Å². The quantitative estimate of drug-likeness (QED) is 0.661. The van der Waals surface area contributed by atoms with Gasteiger partial charge in [-0.2, -0.15) is 26.2 Å². The molecule has 0 atom stereocenters. The number of rotatable bonds is 2. The Morgan fingerprint density at radius 3 is 0.818 bits per heavy atom. The Bertz CT molecular complexity index is 26.4. The molecule has 0 aromatic heterocycles. The zero-order valence-corrected chi connectivity index (χ0v) is 7.16. The molecule has 0 bridgehead atoms. The molecule has 0 rings (SSSR count). The standard InChI is InChI=1S/2C2H6N2.Co.FH.H2N/c2*3-1-2-4;;;/h2*3-4H,1-2H2;;1H;1H2/q2*-2;+3;;-1/p-1. The van der Waals surface area contributed by atoms with Crippen LogP contribution in [-0.4, -0.2) is 26.2 Å². The summed E-state index contributed by atoms with van der Waals surface area (Å²) in [7, 11) is 0. The summed E-state index contributed by atoms with van der Waals surface area (Å²) in [6.07, 6.45) is 0. The second-order valence-corrected chi connectivity index (χ2v) is 1.000. The maximum Gasteiger partial charge on any atom is -0.171 e. The SMILES string of the molecule is [F][Co+2].[NH-]CC[NH-].[NH-]CC[NH-].[NH2-]. The molecule has 0 aliphatic rings. The number of halogens is 1. The van der Waals surface area contributed by atoms with Gasteiger partial charge in [0.05, 0.1) is 0 Å². The Balaban J connectivity index is -0.0000000339. The minimum Gasteiger partial charge on any atom is -0.693 e. The van der Waals surface area contributed by atoms with Crippen LogP contribution in [0.1, 0.15) is 0 Å². The molecule has 0 saturated carbocycles. The Labute approximate surface area is 75.7 Å². The largest absolute Gasteiger partial charge is 0.693 e. The summed E-state index contributed by atoms with van der Waals surface area (Å²) in [5, 5.41) is 0. The van der Waals surface area contributed by atoms with E-state index in [9.17, 15) is 3.58 Å². The molecule has 11 heavy (non-hydrogen) atoms. The van der Waals surface area contributed by atoms with Gasteiger partial charge in [-0.25, -0.2) is 0 Å². The molecule has 7 heteroatoms. The van der Waals surface area contributed by atoms with Crippen LogP contribution in [0.15, 0.2) is 0 Å². The smallest absolute Gasteiger partial charge is 0.171 e. The van der Waals surface area contributed by atoms with E-state index in [0.29, 0.717) is 0 Å². The first kappa shape index (κ1) is 22.5. The molecule has 0 spiro atoms. The molecule has 0 aliphatic carbocycles. The molecular weight excluding hydrogens is 196 g/mol. The molecule has 0 amide bonds. The molecule has 0 unspecified atom stereocenters. The summed E-state index contributed by atoms with van der Waals surface area (Å²) in [6, 6.07) is 0. The topological polar surface area (TPSA) is 129 Å². The van der Waals surface area contributed by atoms with Crippen molar-refractivity contribution in [1.82, 2.24) is 0 Å². The second kappa shape index (κ2) is 48.7. The number of hydrogen-bond donors (Lipinski definition) is 0. The molecule has 74 valence electrons. The average Bonchev–Trinajstić information content (AvgIpc) is 2.08. The van der Waals surface area contributed by atoms with Crippen LogP contribution in [0.2, 0.25) is 0 Å². The Morgan fingerprint density at radius 2 is 0.818 bits per heavy atom. The van der Waals surface area contributed by atoms with Gasteiger partial charge in [0.2, 0.25) is 0 Å². The van der Waals surface area contributed by atoms with E-state index < -0.39 is 0 Å². The Morgan fingerprint density at radius 1 is 0.727 bits per heavy atom. The van der Waals surface area contributed by atoms with Crippen molar-refractivity contribution in [2.45, 2.75) is 0 Å². The minimum absolute atomic E-state index is 0. The molecule has 0 aliphatic heterocycles. The molecule has 0 radical (unpaired) electrons. The monoisotopic (exact) mass is 210 g/mol. The van der Waals surface area contributed by atoms with Gasteiger partial charge >= 0.3 is 19.8 Å². The van der Waals surface area contributed by atoms with Crippen LogP contribution in [0.5, 0.6) is 0 Å². The summed E-state index contributed by atoms with van der Waals surface area (Å²) in [4.78, 5) is 0. The Kier molecular flexibility index (Phi) is 99.5. The molecule has 0 heterocycles. The molecule has 0 aromatic carbocycles. The summed E-state index contributed by atoms with van der Waals surface area (Å²) in [5.74, 6) is 0. The van der Waals surface area contributed by atoms with Gasteiger partial charge in [-0.15, -0.1) is 0 Å². The van der Waals surface area contributed by atoms with Gasteiger partial charge in [-0.1, -0.05) is 0 Å². The van der Waals surface area contributed by atoms with E-state index >= 15 is 0 Å². The number of nitrogens with one attached hydrogen (secondary N) is 4. The maximum atomic E-state index is 9.19. The van der Waals surface area contributed by atoms with Crippen molar-refractivity contribution in [2.75, 3.05) is 26.2 Å². The van der Waals surface area contributed by atoms with E-state index in [-0.39, 0.29) is 32.3 Å². The third-order valence-corrected chi connectivity index (χ3v) is 0.250. The van der Waals surface area contributed by atoms with Crippen molar-refractivity contribution in [2.24, 2.45) is 0 Å². The number of nitrogens with two attached hydrogens (primary N) is 1. The molecule has 0 fully saturated rings. The molecule has 0 aromatic rings. The molecule has 5 nitrogen and oxygen atoms in total. The summed E-state index contributed by atoms with van der Waals surface area (Å²) in [5.41, 5.74) is 25.1. The van der Waals surface area contributed by atoms with E-state index in [1.807, 2.05) is 0 Å². The number of hydrogen-bond acceptors (Lipinski definition) is 0.